The molecule has 208 valence electrons. The van der Waals surface area contributed by atoms with E-state index in [4.69, 9.17) is 16.3 Å². The van der Waals surface area contributed by atoms with E-state index in [0.29, 0.717) is 16.3 Å². The molecular weight excluding hydrogens is 576 g/mol. The third-order valence-electron chi connectivity index (χ3n) is 5.83. The Labute approximate surface area is 248 Å². The predicted molar refractivity (Wildman–Crippen MR) is 163 cm³/mol. The maximum Gasteiger partial charge on any atom is 0.355 e. The van der Waals surface area contributed by atoms with Crippen molar-refractivity contribution in [1.82, 2.24) is 5.43 Å². The molecule has 0 aliphatic rings. The van der Waals surface area contributed by atoms with Gasteiger partial charge in [-0.05, 0) is 48.0 Å². The van der Waals surface area contributed by atoms with Gasteiger partial charge in [0.2, 0.25) is 0 Å². The minimum absolute atomic E-state index is 0.156. The summed E-state index contributed by atoms with van der Waals surface area (Å²) < 4.78 is 6.36. The van der Waals surface area contributed by atoms with Crippen LogP contribution in [0.2, 0.25) is 5.02 Å². The number of hydrogen-bond donors (Lipinski definition) is 3. The van der Waals surface area contributed by atoms with Crippen molar-refractivity contribution in [2.75, 3.05) is 10.6 Å². The van der Waals surface area contributed by atoms with Gasteiger partial charge in [0.25, 0.3) is 5.91 Å². The van der Waals surface area contributed by atoms with Crippen molar-refractivity contribution in [1.29, 1.82) is 0 Å². The Balaban J connectivity index is 1.18. The number of ether oxygens (including phenoxy) is 1. The Morgan fingerprint density at radius 3 is 2.33 bits per heavy atom. The van der Waals surface area contributed by atoms with Crippen LogP contribution < -0.4 is 20.8 Å². The first-order chi connectivity index (χ1) is 20.4. The Morgan fingerprint density at radius 1 is 0.786 bits per heavy atom. The smallest absolute Gasteiger partial charge is 0.355 e. The fraction of sp³-hybridized carbons (Fsp3) is 0. The van der Waals surface area contributed by atoms with Gasteiger partial charge in [-0.25, -0.2) is 10.2 Å². The molecule has 3 amide bonds. The zero-order chi connectivity index (χ0) is 29.5. The molecule has 0 bridgehead atoms. The van der Waals surface area contributed by atoms with Crippen molar-refractivity contribution >= 4 is 74.3 Å². The van der Waals surface area contributed by atoms with Gasteiger partial charge in [0, 0.05) is 15.8 Å². The van der Waals surface area contributed by atoms with Crippen molar-refractivity contribution in [3.8, 4) is 5.75 Å². The van der Waals surface area contributed by atoms with Gasteiger partial charge in [0.05, 0.1) is 22.5 Å². The summed E-state index contributed by atoms with van der Waals surface area (Å²) in [6.07, 6.45) is 1.29. The highest BCUT2D eigenvalue weighted by Gasteiger charge is 2.20. The summed E-state index contributed by atoms with van der Waals surface area (Å²) in [6.45, 7) is 0. The molecule has 3 N–H and O–H groups in total. The van der Waals surface area contributed by atoms with E-state index in [0.717, 1.165) is 10.1 Å². The third-order valence-corrected chi connectivity index (χ3v) is 7.48. The molecule has 1 heterocycles. The summed E-state index contributed by atoms with van der Waals surface area (Å²) in [5.41, 5.74) is 3.55. The topological polar surface area (TPSA) is 126 Å². The van der Waals surface area contributed by atoms with E-state index >= 15 is 0 Å². The summed E-state index contributed by atoms with van der Waals surface area (Å²) in [7, 11) is 0. The number of anilines is 2. The van der Waals surface area contributed by atoms with Crippen molar-refractivity contribution in [2.24, 2.45) is 5.10 Å². The number of fused-ring (bicyclic) bond motifs is 1. The van der Waals surface area contributed by atoms with E-state index < -0.39 is 23.7 Å². The second-order valence-electron chi connectivity index (χ2n) is 8.72. The van der Waals surface area contributed by atoms with Crippen LogP contribution in [0.1, 0.15) is 25.6 Å². The van der Waals surface area contributed by atoms with Crippen LogP contribution in [0.15, 0.2) is 108 Å². The summed E-state index contributed by atoms with van der Waals surface area (Å²) in [4.78, 5) is 50.6. The monoisotopic (exact) mass is 596 g/mol. The maximum atomic E-state index is 12.7. The summed E-state index contributed by atoms with van der Waals surface area (Å²) in [5, 5.41) is 10.1. The number of hydrogen-bond acceptors (Lipinski definition) is 7. The Bertz CT molecular complexity index is 1840. The van der Waals surface area contributed by atoms with Gasteiger partial charge in [0.15, 0.2) is 0 Å². The van der Waals surface area contributed by atoms with Crippen LogP contribution in [0.4, 0.5) is 11.4 Å². The number of para-hydroxylation sites is 2. The number of halogens is 1. The number of nitrogens with zero attached hydrogens (tertiary/aromatic N) is 1. The number of carbonyl (C=O) groups excluding carboxylic acids is 4. The molecule has 42 heavy (non-hydrogen) atoms. The number of carbonyl (C=O) groups is 4. The van der Waals surface area contributed by atoms with Crippen molar-refractivity contribution in [3.05, 3.63) is 124 Å². The molecule has 0 saturated heterocycles. The van der Waals surface area contributed by atoms with E-state index in [1.807, 2.05) is 30.3 Å². The molecule has 1 aromatic heterocycles. The van der Waals surface area contributed by atoms with Gasteiger partial charge >= 0.3 is 17.8 Å². The fourth-order valence-electron chi connectivity index (χ4n) is 3.86. The second-order valence-corrected chi connectivity index (χ2v) is 10.2. The Morgan fingerprint density at radius 2 is 1.52 bits per heavy atom. The van der Waals surface area contributed by atoms with Crippen LogP contribution in [0.25, 0.3) is 10.1 Å². The van der Waals surface area contributed by atoms with Crippen LogP contribution in [-0.4, -0.2) is 29.9 Å². The lowest BCUT2D eigenvalue weighted by Crippen LogP contribution is -2.33. The highest BCUT2D eigenvalue weighted by Crippen LogP contribution is 2.35. The Kier molecular flexibility index (Phi) is 8.67. The fourth-order valence-corrected chi connectivity index (χ4v) is 5.25. The highest BCUT2D eigenvalue weighted by atomic mass is 35.5. The molecule has 0 aliphatic carbocycles. The lowest BCUT2D eigenvalue weighted by molar-refractivity contribution is -0.136. The molecule has 0 spiro atoms. The van der Waals surface area contributed by atoms with Crippen LogP contribution in [-0.2, 0) is 9.59 Å². The van der Waals surface area contributed by atoms with Gasteiger partial charge in [-0.1, -0.05) is 72.3 Å². The van der Waals surface area contributed by atoms with E-state index in [9.17, 15) is 19.2 Å². The van der Waals surface area contributed by atoms with Gasteiger partial charge in [-0.2, -0.15) is 5.10 Å². The molecule has 9 nitrogen and oxygen atoms in total. The van der Waals surface area contributed by atoms with Gasteiger partial charge < -0.3 is 15.4 Å². The number of nitrogens with one attached hydrogen (secondary N) is 3. The molecule has 11 heteroatoms. The largest absolute Gasteiger partial charge is 0.422 e. The number of benzene rings is 4. The summed E-state index contributed by atoms with van der Waals surface area (Å²) in [5.74, 6) is -2.88. The molecule has 0 radical (unpaired) electrons. The number of esters is 1. The molecule has 0 aliphatic heterocycles. The summed E-state index contributed by atoms with van der Waals surface area (Å²) >= 11 is 7.61. The van der Waals surface area contributed by atoms with Crippen molar-refractivity contribution in [3.63, 3.8) is 0 Å². The van der Waals surface area contributed by atoms with Crippen LogP contribution in [0, 0.1) is 0 Å². The van der Waals surface area contributed by atoms with Crippen molar-refractivity contribution < 1.29 is 23.9 Å². The molecule has 5 aromatic rings. The lowest BCUT2D eigenvalue weighted by atomic mass is 10.1. The van der Waals surface area contributed by atoms with Gasteiger partial charge in [0.1, 0.15) is 10.6 Å². The lowest BCUT2D eigenvalue weighted by Gasteiger charge is -2.11. The highest BCUT2D eigenvalue weighted by molar-refractivity contribution is 7.21. The normalized spacial score (nSPS) is 10.8. The second kappa shape index (κ2) is 12.9. The first kappa shape index (κ1) is 28.2. The maximum absolute atomic E-state index is 12.7. The first-order valence-electron chi connectivity index (χ1n) is 12.5. The zero-order valence-corrected chi connectivity index (χ0v) is 23.2. The summed E-state index contributed by atoms with van der Waals surface area (Å²) in [6, 6.07) is 29.0. The van der Waals surface area contributed by atoms with Crippen LogP contribution in [0.5, 0.6) is 5.75 Å². The number of rotatable bonds is 7. The molecule has 0 unspecified atom stereocenters. The number of hydrazone groups is 1. The molecule has 0 atom stereocenters. The Hall–Kier alpha value is -5.32. The van der Waals surface area contributed by atoms with Crippen molar-refractivity contribution in [2.45, 2.75) is 0 Å². The zero-order valence-electron chi connectivity index (χ0n) is 21.7. The van der Waals surface area contributed by atoms with E-state index in [2.05, 4.69) is 21.2 Å². The van der Waals surface area contributed by atoms with E-state index in [1.165, 1.54) is 35.8 Å². The van der Waals surface area contributed by atoms with E-state index in [-0.39, 0.29) is 21.9 Å². The molecule has 0 fully saturated rings. The quantitative estimate of drug-likeness (QED) is 0.0686. The van der Waals surface area contributed by atoms with Crippen LogP contribution >= 0.6 is 22.9 Å². The molecule has 0 saturated carbocycles. The van der Waals surface area contributed by atoms with E-state index in [1.54, 1.807) is 54.6 Å². The number of thiophene rings is 1. The SMILES string of the molecule is O=C(N/N=C/c1cccc(OC(=O)c2sc3ccccc3c2Cl)c1)C(=O)Nc1ccccc1C(=O)Nc1ccccc1. The average molecular weight is 597 g/mol. The third kappa shape index (κ3) is 6.69. The minimum Gasteiger partial charge on any atom is -0.422 e. The predicted octanol–water partition coefficient (Wildman–Crippen LogP) is 6.12. The van der Waals surface area contributed by atoms with Gasteiger partial charge in [-0.3, -0.25) is 14.4 Å². The molecule has 5 rings (SSSR count). The molecular formula is C31H21ClN4O5S. The van der Waals surface area contributed by atoms with Gasteiger partial charge in [-0.15, -0.1) is 11.3 Å². The standard InChI is InChI=1S/C31H21ClN4O5S/c32-26-23-14-5-7-16-25(23)42-27(26)31(40)41-21-12-8-9-19(17-21)18-33-36-30(39)29(38)35-24-15-6-4-13-22(24)28(37)34-20-10-2-1-3-11-20/h1-18H,(H,34,37)(H,35,38)(H,36,39)/b33-18+. The minimum atomic E-state index is -1.05. The molecule has 4 aromatic carbocycles. The number of amides is 3. The first-order valence-corrected chi connectivity index (χ1v) is 13.7. The average Bonchev–Trinajstić information content (AvgIpc) is 3.34. The van der Waals surface area contributed by atoms with Crippen LogP contribution in [0.3, 0.4) is 0 Å².